The van der Waals surface area contributed by atoms with E-state index < -0.39 is 0 Å². The summed E-state index contributed by atoms with van der Waals surface area (Å²) in [7, 11) is 1.56. The summed E-state index contributed by atoms with van der Waals surface area (Å²) in [6.07, 6.45) is 0.228. The molecule has 23 heavy (non-hydrogen) atoms. The molecule has 0 unspecified atom stereocenters. The first kappa shape index (κ1) is 15.4. The number of para-hydroxylation sites is 2. The molecule has 1 aliphatic rings. The lowest BCUT2D eigenvalue weighted by molar-refractivity contribution is -0.115. The number of nitrogens with one attached hydrogen (secondary N) is 2. The van der Waals surface area contributed by atoms with Gasteiger partial charge in [-0.05, 0) is 29.8 Å². The van der Waals surface area contributed by atoms with Crippen LogP contribution in [0, 0.1) is 0 Å². The van der Waals surface area contributed by atoms with Crippen LogP contribution < -0.4 is 15.4 Å². The van der Waals surface area contributed by atoms with E-state index in [4.69, 9.17) is 4.74 Å². The predicted molar refractivity (Wildman–Crippen MR) is 91.1 cm³/mol. The van der Waals surface area contributed by atoms with Crippen molar-refractivity contribution in [1.29, 1.82) is 0 Å². The number of methoxy groups -OCH3 is 1. The van der Waals surface area contributed by atoms with Gasteiger partial charge in [0.15, 0.2) is 0 Å². The number of fused-ring (bicyclic) bond motifs is 1. The largest absolute Gasteiger partial charge is 0.495 e. The van der Waals surface area contributed by atoms with Gasteiger partial charge in [-0.2, -0.15) is 0 Å². The van der Waals surface area contributed by atoms with E-state index in [0.29, 0.717) is 17.2 Å². The zero-order chi connectivity index (χ0) is 16.2. The quantitative estimate of drug-likeness (QED) is 0.905. The smallest absolute Gasteiger partial charge is 0.234 e. The van der Waals surface area contributed by atoms with Gasteiger partial charge in [-0.3, -0.25) is 9.59 Å². The number of ether oxygens (including phenoxy) is 1. The van der Waals surface area contributed by atoms with E-state index in [1.54, 1.807) is 19.2 Å². The summed E-state index contributed by atoms with van der Waals surface area (Å²) in [6.45, 7) is 0. The lowest BCUT2D eigenvalue weighted by Gasteiger charge is -2.17. The molecule has 0 radical (unpaired) electrons. The Labute approximate surface area is 138 Å². The molecular weight excluding hydrogens is 312 g/mol. The third kappa shape index (κ3) is 3.65. The van der Waals surface area contributed by atoms with Crippen LogP contribution >= 0.6 is 11.8 Å². The molecule has 3 rings (SSSR count). The molecule has 0 spiro atoms. The number of carbonyl (C=O) groups excluding carboxylic acids is 2. The Morgan fingerprint density at radius 3 is 2.96 bits per heavy atom. The van der Waals surface area contributed by atoms with Crippen LogP contribution in [0.4, 0.5) is 11.4 Å². The van der Waals surface area contributed by atoms with E-state index in [1.165, 1.54) is 11.8 Å². The Morgan fingerprint density at radius 2 is 2.13 bits per heavy atom. The molecule has 1 aliphatic heterocycles. The molecule has 2 amide bonds. The van der Waals surface area contributed by atoms with E-state index >= 15 is 0 Å². The Morgan fingerprint density at radius 1 is 1.30 bits per heavy atom. The van der Waals surface area contributed by atoms with Crippen molar-refractivity contribution < 1.29 is 14.3 Å². The van der Waals surface area contributed by atoms with Gasteiger partial charge >= 0.3 is 0 Å². The second-order valence-corrected chi connectivity index (χ2v) is 6.11. The third-order valence-corrected chi connectivity index (χ3v) is 4.50. The summed E-state index contributed by atoms with van der Waals surface area (Å²) in [6, 6.07) is 13.0. The fraction of sp³-hybridized carbons (Fsp3) is 0.176. The van der Waals surface area contributed by atoms with Gasteiger partial charge in [-0.15, -0.1) is 11.8 Å². The zero-order valence-electron chi connectivity index (χ0n) is 12.6. The molecule has 0 atom stereocenters. The zero-order valence-corrected chi connectivity index (χ0v) is 13.4. The average Bonchev–Trinajstić information content (AvgIpc) is 2.55. The van der Waals surface area contributed by atoms with E-state index in [9.17, 15) is 9.59 Å². The number of carbonyl (C=O) groups is 2. The number of rotatable bonds is 4. The Bertz CT molecular complexity index is 761. The van der Waals surface area contributed by atoms with Gasteiger partial charge in [0.25, 0.3) is 0 Å². The number of thioether (sulfide) groups is 1. The van der Waals surface area contributed by atoms with E-state index in [-0.39, 0.29) is 18.2 Å². The highest BCUT2D eigenvalue weighted by Crippen LogP contribution is 2.32. The molecule has 5 nitrogen and oxygen atoms in total. The van der Waals surface area contributed by atoms with E-state index in [1.807, 2.05) is 30.3 Å². The van der Waals surface area contributed by atoms with E-state index in [2.05, 4.69) is 10.6 Å². The van der Waals surface area contributed by atoms with Gasteiger partial charge in [0.1, 0.15) is 5.75 Å². The molecule has 0 saturated heterocycles. The van der Waals surface area contributed by atoms with Crippen molar-refractivity contribution in [1.82, 2.24) is 0 Å². The highest BCUT2D eigenvalue weighted by Gasteiger charge is 2.16. The molecule has 0 fully saturated rings. The van der Waals surface area contributed by atoms with Crippen molar-refractivity contribution >= 4 is 35.0 Å². The molecule has 0 aliphatic carbocycles. The molecule has 2 aromatic rings. The summed E-state index contributed by atoms with van der Waals surface area (Å²) >= 11 is 1.50. The van der Waals surface area contributed by atoms with Crippen molar-refractivity contribution in [3.05, 3.63) is 48.0 Å². The van der Waals surface area contributed by atoms with E-state index in [0.717, 1.165) is 16.1 Å². The van der Waals surface area contributed by atoms with Gasteiger partial charge in [-0.25, -0.2) is 0 Å². The number of hydrogen-bond acceptors (Lipinski definition) is 4. The second kappa shape index (κ2) is 6.75. The Hall–Kier alpha value is -2.47. The SMILES string of the molecule is COc1ccccc1NC(=O)Cc1ccc2c(c1)NC(=O)CS2. The lowest BCUT2D eigenvalue weighted by atomic mass is 10.1. The third-order valence-electron chi connectivity index (χ3n) is 3.42. The van der Waals surface area contributed by atoms with Crippen LogP contribution in [0.3, 0.4) is 0 Å². The topological polar surface area (TPSA) is 67.4 Å². The maximum atomic E-state index is 12.2. The number of amides is 2. The standard InChI is InChI=1S/C17H16N2O3S/c1-22-14-5-3-2-4-12(14)18-16(20)9-11-6-7-15-13(8-11)19-17(21)10-23-15/h2-8H,9-10H2,1H3,(H,18,20)(H,19,21). The molecule has 118 valence electrons. The van der Waals surface area contributed by atoms with Crippen molar-refractivity contribution in [3.63, 3.8) is 0 Å². The van der Waals surface area contributed by atoms with Crippen LogP contribution in [-0.2, 0) is 16.0 Å². The van der Waals surface area contributed by atoms with Gasteiger partial charge in [0.05, 0.1) is 30.7 Å². The molecule has 1 heterocycles. The maximum Gasteiger partial charge on any atom is 0.234 e. The molecule has 0 aromatic heterocycles. The van der Waals surface area contributed by atoms with Crippen molar-refractivity contribution in [2.45, 2.75) is 11.3 Å². The highest BCUT2D eigenvalue weighted by molar-refractivity contribution is 8.00. The first-order valence-electron chi connectivity index (χ1n) is 7.14. The molecule has 2 N–H and O–H groups in total. The first-order valence-corrected chi connectivity index (χ1v) is 8.13. The minimum Gasteiger partial charge on any atom is -0.495 e. The minimum atomic E-state index is -0.135. The van der Waals surface area contributed by atoms with Crippen LogP contribution in [0.15, 0.2) is 47.4 Å². The van der Waals surface area contributed by atoms with Crippen LogP contribution in [0.1, 0.15) is 5.56 Å². The van der Waals surface area contributed by atoms with Crippen molar-refractivity contribution in [2.24, 2.45) is 0 Å². The summed E-state index contributed by atoms with van der Waals surface area (Å²) in [4.78, 5) is 24.7. The summed E-state index contributed by atoms with van der Waals surface area (Å²) in [5, 5.41) is 5.67. The maximum absolute atomic E-state index is 12.2. The lowest BCUT2D eigenvalue weighted by Crippen LogP contribution is -2.19. The van der Waals surface area contributed by atoms with Crippen LogP contribution in [0.2, 0.25) is 0 Å². The number of anilines is 2. The Balaban J connectivity index is 1.71. The molecule has 2 aromatic carbocycles. The predicted octanol–water partition coefficient (Wildman–Crippen LogP) is 2.92. The summed E-state index contributed by atoms with van der Waals surface area (Å²) in [5.41, 5.74) is 2.26. The molecule has 0 saturated carbocycles. The van der Waals surface area contributed by atoms with Crippen LogP contribution in [-0.4, -0.2) is 24.7 Å². The van der Waals surface area contributed by atoms with Crippen molar-refractivity contribution in [3.8, 4) is 5.75 Å². The molecule has 6 heteroatoms. The fourth-order valence-corrected chi connectivity index (χ4v) is 3.16. The van der Waals surface area contributed by atoms with Gasteiger partial charge in [-0.1, -0.05) is 18.2 Å². The Kier molecular flexibility index (Phi) is 4.52. The monoisotopic (exact) mass is 328 g/mol. The minimum absolute atomic E-state index is 0.0156. The summed E-state index contributed by atoms with van der Waals surface area (Å²) < 4.78 is 5.22. The normalized spacial score (nSPS) is 13.0. The van der Waals surface area contributed by atoms with Gasteiger partial charge in [0.2, 0.25) is 11.8 Å². The highest BCUT2D eigenvalue weighted by atomic mass is 32.2. The number of benzene rings is 2. The van der Waals surface area contributed by atoms with Crippen LogP contribution in [0.5, 0.6) is 5.75 Å². The number of hydrogen-bond donors (Lipinski definition) is 2. The average molecular weight is 328 g/mol. The first-order chi connectivity index (χ1) is 11.2. The molecular formula is C17H16N2O3S. The van der Waals surface area contributed by atoms with Crippen molar-refractivity contribution in [2.75, 3.05) is 23.5 Å². The van der Waals surface area contributed by atoms with Gasteiger partial charge < -0.3 is 15.4 Å². The van der Waals surface area contributed by atoms with Crippen LogP contribution in [0.25, 0.3) is 0 Å². The fourth-order valence-electron chi connectivity index (χ4n) is 2.37. The summed E-state index contributed by atoms with van der Waals surface area (Å²) in [5.74, 6) is 0.901. The van der Waals surface area contributed by atoms with Gasteiger partial charge in [0, 0.05) is 4.90 Å². The second-order valence-electron chi connectivity index (χ2n) is 5.09. The molecule has 0 bridgehead atoms.